The lowest BCUT2D eigenvalue weighted by atomic mass is 9.94. The van der Waals surface area contributed by atoms with Crippen LogP contribution in [0.25, 0.3) is 65.8 Å². The Kier molecular flexibility index (Phi) is 5.36. The molecule has 2 nitrogen and oxygen atoms in total. The van der Waals surface area contributed by atoms with Crippen molar-refractivity contribution in [1.82, 2.24) is 4.98 Å². The Morgan fingerprint density at radius 1 is 0.558 bits per heavy atom. The summed E-state index contributed by atoms with van der Waals surface area (Å²) in [6.07, 6.45) is 10.9. The van der Waals surface area contributed by atoms with Crippen molar-refractivity contribution < 1.29 is 0 Å². The van der Waals surface area contributed by atoms with Gasteiger partial charge in [-0.1, -0.05) is 109 Å². The molecule has 6 aromatic carbocycles. The van der Waals surface area contributed by atoms with E-state index >= 15 is 0 Å². The Bertz CT molecular complexity index is 2280. The molecule has 0 radical (unpaired) electrons. The molecule has 0 saturated carbocycles. The summed E-state index contributed by atoms with van der Waals surface area (Å²) >= 11 is 0. The number of rotatable bonds is 4. The molecule has 9 rings (SSSR count). The van der Waals surface area contributed by atoms with E-state index in [1.807, 2.05) is 12.3 Å². The lowest BCUT2D eigenvalue weighted by Gasteiger charge is -2.29. The van der Waals surface area contributed by atoms with E-state index in [-0.39, 0.29) is 0 Å². The Morgan fingerprint density at radius 3 is 2.16 bits per heavy atom. The second-order valence-corrected chi connectivity index (χ2v) is 11.4. The first-order valence-corrected chi connectivity index (χ1v) is 15.0. The Balaban J connectivity index is 1.27. The van der Waals surface area contributed by atoms with E-state index in [1.54, 1.807) is 0 Å². The molecule has 2 aliphatic rings. The zero-order valence-corrected chi connectivity index (χ0v) is 23.7. The lowest BCUT2D eigenvalue weighted by Crippen LogP contribution is -2.16. The average molecular weight is 549 g/mol. The maximum Gasteiger partial charge on any atom is 0.0781 e. The van der Waals surface area contributed by atoms with Gasteiger partial charge in [0.05, 0.1) is 11.2 Å². The molecular weight excluding hydrogens is 520 g/mol. The fraction of sp³-hybridized carbons (Fsp3) is 0.0488. The van der Waals surface area contributed by atoms with E-state index in [1.165, 1.54) is 66.3 Å². The lowest BCUT2D eigenvalue weighted by molar-refractivity contribution is 0.998. The van der Waals surface area contributed by atoms with Crippen LogP contribution in [0.2, 0.25) is 0 Å². The van der Waals surface area contributed by atoms with Crippen molar-refractivity contribution in [2.45, 2.75) is 12.8 Å². The highest BCUT2D eigenvalue weighted by Gasteiger charge is 2.23. The van der Waals surface area contributed by atoms with Crippen LogP contribution in [0.4, 0.5) is 11.4 Å². The van der Waals surface area contributed by atoms with Crippen LogP contribution in [0, 0.1) is 0 Å². The highest BCUT2D eigenvalue weighted by atomic mass is 15.1. The number of fused-ring (bicyclic) bond motifs is 6. The summed E-state index contributed by atoms with van der Waals surface area (Å²) in [5, 5.41) is 6.17. The first-order chi connectivity index (χ1) is 21.3. The zero-order chi connectivity index (χ0) is 28.3. The zero-order valence-electron chi connectivity index (χ0n) is 23.7. The fourth-order valence-corrected chi connectivity index (χ4v) is 7.15. The van der Waals surface area contributed by atoms with Gasteiger partial charge >= 0.3 is 0 Å². The maximum absolute atomic E-state index is 4.76. The van der Waals surface area contributed by atoms with Crippen molar-refractivity contribution >= 4 is 43.8 Å². The number of allylic oxidation sites excluding steroid dienone is 3. The molecule has 0 aliphatic heterocycles. The van der Waals surface area contributed by atoms with E-state index in [9.17, 15) is 0 Å². The van der Waals surface area contributed by atoms with Gasteiger partial charge in [0.1, 0.15) is 0 Å². The summed E-state index contributed by atoms with van der Waals surface area (Å²) in [7, 11) is 0. The molecule has 1 heterocycles. The van der Waals surface area contributed by atoms with Gasteiger partial charge in [0.25, 0.3) is 0 Å². The highest BCUT2D eigenvalue weighted by Crippen LogP contribution is 2.49. The SMILES string of the molecule is C1=CC(N(c2cccc(-c3ccc4c5c(cccc35)-c3ccccc3-4)c2)c2cc3cccnc3c3ccccc23)=CCC1. The molecule has 0 atom stereocenters. The molecule has 0 bridgehead atoms. The first kappa shape index (κ1) is 24.2. The van der Waals surface area contributed by atoms with Crippen LogP contribution in [-0.2, 0) is 0 Å². The third-order valence-electron chi connectivity index (χ3n) is 9.03. The van der Waals surface area contributed by atoms with Crippen molar-refractivity contribution in [3.8, 4) is 33.4 Å². The Hall–Kier alpha value is -5.47. The van der Waals surface area contributed by atoms with Gasteiger partial charge in [0, 0.05) is 33.7 Å². The molecule has 0 spiro atoms. The molecule has 7 aromatic rings. The van der Waals surface area contributed by atoms with Gasteiger partial charge in [-0.2, -0.15) is 0 Å². The third kappa shape index (κ3) is 3.70. The van der Waals surface area contributed by atoms with Gasteiger partial charge in [-0.05, 0) is 87.3 Å². The average Bonchev–Trinajstić information content (AvgIpc) is 3.41. The van der Waals surface area contributed by atoms with Crippen molar-refractivity contribution in [2.75, 3.05) is 4.90 Å². The van der Waals surface area contributed by atoms with Crippen molar-refractivity contribution in [3.63, 3.8) is 0 Å². The number of nitrogens with zero attached hydrogens (tertiary/aromatic N) is 2. The van der Waals surface area contributed by atoms with Gasteiger partial charge in [0.2, 0.25) is 0 Å². The predicted octanol–water partition coefficient (Wildman–Crippen LogP) is 11.2. The molecule has 1 aromatic heterocycles. The fourth-order valence-electron chi connectivity index (χ4n) is 7.15. The summed E-state index contributed by atoms with van der Waals surface area (Å²) < 4.78 is 0. The smallest absolute Gasteiger partial charge is 0.0781 e. The number of anilines is 2. The summed E-state index contributed by atoms with van der Waals surface area (Å²) in [5.41, 5.74) is 12.4. The Labute approximate surface area is 250 Å². The van der Waals surface area contributed by atoms with Crippen molar-refractivity contribution in [2.24, 2.45) is 0 Å². The molecule has 2 heteroatoms. The molecule has 2 aliphatic carbocycles. The quantitative estimate of drug-likeness (QED) is 0.203. The van der Waals surface area contributed by atoms with Crippen molar-refractivity contribution in [3.05, 3.63) is 151 Å². The minimum Gasteiger partial charge on any atom is -0.310 e. The maximum atomic E-state index is 4.76. The molecule has 43 heavy (non-hydrogen) atoms. The number of pyridine rings is 1. The number of hydrogen-bond acceptors (Lipinski definition) is 2. The molecule has 0 unspecified atom stereocenters. The van der Waals surface area contributed by atoms with Gasteiger partial charge in [0.15, 0.2) is 0 Å². The van der Waals surface area contributed by atoms with Crippen LogP contribution in [-0.4, -0.2) is 4.98 Å². The van der Waals surface area contributed by atoms with Crippen LogP contribution in [0.15, 0.2) is 151 Å². The standard InChI is InChI=1S/C41H28N2/c1-2-13-29(14-3-1)43(39-26-28-12-10-24-42-41(28)38-19-7-6-18-34(38)39)30-15-8-11-27(25-30)31-22-23-37-33-17-5-4-16-32(33)36-21-9-20-35(31)40(36)37/h2,4-26H,1,3H2. The highest BCUT2D eigenvalue weighted by molar-refractivity contribution is 6.19. The van der Waals surface area contributed by atoms with Crippen molar-refractivity contribution in [1.29, 1.82) is 0 Å². The number of hydrogen-bond donors (Lipinski definition) is 0. The molecule has 0 fully saturated rings. The molecule has 202 valence electrons. The molecule has 0 saturated heterocycles. The number of benzene rings is 6. The number of aromatic nitrogens is 1. The van der Waals surface area contributed by atoms with E-state index in [0.717, 1.165) is 29.4 Å². The normalized spacial score (nSPS) is 13.4. The van der Waals surface area contributed by atoms with Gasteiger partial charge in [-0.3, -0.25) is 4.98 Å². The largest absolute Gasteiger partial charge is 0.310 e. The Morgan fingerprint density at radius 2 is 1.30 bits per heavy atom. The third-order valence-corrected chi connectivity index (χ3v) is 9.03. The van der Waals surface area contributed by atoms with E-state index in [4.69, 9.17) is 4.98 Å². The molecule has 0 amide bonds. The second-order valence-electron chi connectivity index (χ2n) is 11.4. The topological polar surface area (TPSA) is 16.1 Å². The van der Waals surface area contributed by atoms with Crippen LogP contribution in [0.1, 0.15) is 12.8 Å². The van der Waals surface area contributed by atoms with E-state index in [0.29, 0.717) is 0 Å². The minimum atomic E-state index is 1.03. The van der Waals surface area contributed by atoms with Crippen LogP contribution < -0.4 is 4.90 Å². The van der Waals surface area contributed by atoms with Crippen LogP contribution in [0.3, 0.4) is 0 Å². The van der Waals surface area contributed by atoms with Gasteiger partial charge in [-0.15, -0.1) is 0 Å². The monoisotopic (exact) mass is 548 g/mol. The summed E-state index contributed by atoms with van der Waals surface area (Å²) in [5.74, 6) is 0. The minimum absolute atomic E-state index is 1.03. The second kappa shape index (κ2) is 9.54. The summed E-state index contributed by atoms with van der Waals surface area (Å²) in [6.45, 7) is 0. The first-order valence-electron chi connectivity index (χ1n) is 15.0. The molecular formula is C41H28N2. The van der Waals surface area contributed by atoms with Gasteiger partial charge in [-0.25, -0.2) is 0 Å². The van der Waals surface area contributed by atoms with Crippen LogP contribution >= 0.6 is 0 Å². The molecule has 0 N–H and O–H groups in total. The van der Waals surface area contributed by atoms with E-state index < -0.39 is 0 Å². The van der Waals surface area contributed by atoms with Gasteiger partial charge < -0.3 is 4.90 Å². The van der Waals surface area contributed by atoms with E-state index in [2.05, 4.69) is 138 Å². The summed E-state index contributed by atoms with van der Waals surface area (Å²) in [6, 6.07) is 44.4. The summed E-state index contributed by atoms with van der Waals surface area (Å²) in [4.78, 5) is 7.20. The van der Waals surface area contributed by atoms with Crippen LogP contribution in [0.5, 0.6) is 0 Å². The predicted molar refractivity (Wildman–Crippen MR) is 182 cm³/mol.